The Hall–Kier alpha value is -1.88. The van der Waals surface area contributed by atoms with E-state index in [0.29, 0.717) is 26.0 Å². The first-order valence-electron chi connectivity index (χ1n) is 6.35. The zero-order valence-corrected chi connectivity index (χ0v) is 11.2. The van der Waals surface area contributed by atoms with E-state index in [4.69, 9.17) is 15.3 Å². The topological polar surface area (TPSA) is 60.0 Å². The molecule has 0 aliphatic rings. The summed E-state index contributed by atoms with van der Waals surface area (Å²) in [6.07, 6.45) is 0.873. The van der Waals surface area contributed by atoms with Gasteiger partial charge in [0.2, 0.25) is 0 Å². The lowest BCUT2D eigenvalue weighted by Gasteiger charge is -2.29. The molecule has 1 unspecified atom stereocenters. The van der Waals surface area contributed by atoms with Gasteiger partial charge in [0.15, 0.2) is 0 Å². The molecular formula is C15H19N3O. The summed E-state index contributed by atoms with van der Waals surface area (Å²) in [5.74, 6) is 0. The van der Waals surface area contributed by atoms with Gasteiger partial charge in [-0.2, -0.15) is 10.5 Å². The number of rotatable bonds is 8. The predicted molar refractivity (Wildman–Crippen MR) is 73.1 cm³/mol. The largest absolute Gasteiger partial charge is 0.383 e. The molecule has 0 aliphatic heterocycles. The van der Waals surface area contributed by atoms with Crippen molar-refractivity contribution in [1.82, 2.24) is 4.90 Å². The lowest BCUT2D eigenvalue weighted by Crippen LogP contribution is -2.32. The number of hydrogen-bond donors (Lipinski definition) is 0. The first kappa shape index (κ1) is 15.2. The van der Waals surface area contributed by atoms with Gasteiger partial charge in [0, 0.05) is 32.7 Å². The number of hydrogen-bond acceptors (Lipinski definition) is 4. The Morgan fingerprint density at radius 2 is 1.89 bits per heavy atom. The highest BCUT2D eigenvalue weighted by Crippen LogP contribution is 2.23. The maximum atomic E-state index is 9.02. The maximum Gasteiger partial charge on any atom is 0.0641 e. The average molecular weight is 257 g/mol. The fraction of sp³-hybridized carbons (Fsp3) is 0.467. The van der Waals surface area contributed by atoms with Crippen LogP contribution >= 0.6 is 0 Å². The molecule has 4 nitrogen and oxygen atoms in total. The van der Waals surface area contributed by atoms with Crippen molar-refractivity contribution in [3.05, 3.63) is 35.9 Å². The Labute approximate surface area is 114 Å². The van der Waals surface area contributed by atoms with Gasteiger partial charge >= 0.3 is 0 Å². The number of nitriles is 2. The number of ether oxygens (including phenoxy) is 1. The fourth-order valence-electron chi connectivity index (χ4n) is 2.05. The molecule has 0 N–H and O–H groups in total. The van der Waals surface area contributed by atoms with E-state index in [1.54, 1.807) is 7.11 Å². The summed E-state index contributed by atoms with van der Waals surface area (Å²) in [7, 11) is 1.66. The number of methoxy groups -OCH3 is 1. The lowest BCUT2D eigenvalue weighted by atomic mass is 10.0. The summed E-state index contributed by atoms with van der Waals surface area (Å²) in [6.45, 7) is 1.97. The van der Waals surface area contributed by atoms with Gasteiger partial charge in [-0.25, -0.2) is 0 Å². The highest BCUT2D eigenvalue weighted by molar-refractivity contribution is 5.20. The van der Waals surface area contributed by atoms with Crippen molar-refractivity contribution in [2.24, 2.45) is 0 Å². The monoisotopic (exact) mass is 257 g/mol. The summed E-state index contributed by atoms with van der Waals surface area (Å²) in [4.78, 5) is 2.14. The second kappa shape index (κ2) is 9.10. The van der Waals surface area contributed by atoms with Crippen molar-refractivity contribution in [2.45, 2.75) is 18.9 Å². The zero-order chi connectivity index (χ0) is 13.9. The van der Waals surface area contributed by atoms with Crippen molar-refractivity contribution in [3.8, 4) is 12.1 Å². The van der Waals surface area contributed by atoms with E-state index < -0.39 is 0 Å². The summed E-state index contributed by atoms with van der Waals surface area (Å²) in [5, 5.41) is 17.8. The van der Waals surface area contributed by atoms with Crippen LogP contribution in [0.5, 0.6) is 0 Å². The molecule has 100 valence electrons. The Morgan fingerprint density at radius 3 is 2.47 bits per heavy atom. The molecule has 0 saturated heterocycles. The van der Waals surface area contributed by atoms with Crippen LogP contribution in [0.3, 0.4) is 0 Å². The Morgan fingerprint density at radius 1 is 1.16 bits per heavy atom. The third-order valence-electron chi connectivity index (χ3n) is 3.00. The zero-order valence-electron chi connectivity index (χ0n) is 11.2. The molecule has 0 aliphatic carbocycles. The molecule has 1 aromatic rings. The molecule has 0 fully saturated rings. The van der Waals surface area contributed by atoms with Gasteiger partial charge in [-0.15, -0.1) is 0 Å². The second-order valence-electron chi connectivity index (χ2n) is 4.23. The van der Waals surface area contributed by atoms with Crippen molar-refractivity contribution >= 4 is 0 Å². The molecule has 1 rings (SSSR count). The van der Waals surface area contributed by atoms with Crippen LogP contribution in [-0.2, 0) is 4.74 Å². The van der Waals surface area contributed by atoms with E-state index in [1.165, 1.54) is 0 Å². The third kappa shape index (κ3) is 5.09. The van der Waals surface area contributed by atoms with Crippen LogP contribution in [0.15, 0.2) is 30.3 Å². The van der Waals surface area contributed by atoms with Crippen LogP contribution in [-0.4, -0.2) is 31.7 Å². The van der Waals surface area contributed by atoms with Crippen LogP contribution in [0.1, 0.15) is 24.4 Å². The summed E-state index contributed by atoms with van der Waals surface area (Å²) in [6, 6.07) is 14.4. The van der Waals surface area contributed by atoms with E-state index in [2.05, 4.69) is 17.0 Å². The van der Waals surface area contributed by atoms with Gasteiger partial charge in [0.25, 0.3) is 0 Å². The van der Waals surface area contributed by atoms with Gasteiger partial charge < -0.3 is 4.74 Å². The smallest absolute Gasteiger partial charge is 0.0641 e. The minimum atomic E-state index is 0.0229. The Kier molecular flexibility index (Phi) is 7.27. The normalized spacial score (nSPS) is 11.8. The fourth-order valence-corrected chi connectivity index (χ4v) is 2.05. The molecule has 1 aromatic carbocycles. The van der Waals surface area contributed by atoms with Crippen LogP contribution in [0.2, 0.25) is 0 Å². The van der Waals surface area contributed by atoms with Crippen molar-refractivity contribution in [2.75, 3.05) is 26.8 Å². The Balaban J connectivity index is 2.85. The molecule has 0 heterocycles. The molecule has 0 radical (unpaired) electrons. The van der Waals surface area contributed by atoms with E-state index in [0.717, 1.165) is 12.1 Å². The van der Waals surface area contributed by atoms with Crippen LogP contribution in [0, 0.1) is 22.7 Å². The van der Waals surface area contributed by atoms with Crippen molar-refractivity contribution in [1.29, 1.82) is 10.5 Å². The first-order chi connectivity index (χ1) is 9.33. The highest BCUT2D eigenvalue weighted by atomic mass is 16.5. The summed E-state index contributed by atoms with van der Waals surface area (Å²) in [5.41, 5.74) is 1.11. The molecule has 1 atom stereocenters. The van der Waals surface area contributed by atoms with Crippen molar-refractivity contribution < 1.29 is 4.74 Å². The molecule has 19 heavy (non-hydrogen) atoms. The van der Waals surface area contributed by atoms with Gasteiger partial charge in [-0.1, -0.05) is 30.3 Å². The van der Waals surface area contributed by atoms with E-state index >= 15 is 0 Å². The summed E-state index contributed by atoms with van der Waals surface area (Å²) < 4.78 is 5.11. The summed E-state index contributed by atoms with van der Waals surface area (Å²) >= 11 is 0. The average Bonchev–Trinajstić information content (AvgIpc) is 2.46. The molecular weight excluding hydrogens is 238 g/mol. The molecule has 0 spiro atoms. The minimum Gasteiger partial charge on any atom is -0.383 e. The van der Waals surface area contributed by atoms with Gasteiger partial charge in [-0.3, -0.25) is 4.90 Å². The molecule has 0 amide bonds. The third-order valence-corrected chi connectivity index (χ3v) is 3.00. The highest BCUT2D eigenvalue weighted by Gasteiger charge is 2.19. The standard InChI is InChI=1S/C15H19N3O/c1-19-13-12-18(11-5-9-16)15(8-10-17)14-6-3-2-4-7-14/h2-4,6-7,15H,5,8,11-13H2,1H3. The number of benzene rings is 1. The van der Waals surface area contributed by atoms with Gasteiger partial charge in [-0.05, 0) is 5.56 Å². The van der Waals surface area contributed by atoms with E-state index in [1.807, 2.05) is 30.3 Å². The molecule has 0 saturated carbocycles. The van der Waals surface area contributed by atoms with Gasteiger partial charge in [0.05, 0.1) is 25.2 Å². The quantitative estimate of drug-likeness (QED) is 0.718. The minimum absolute atomic E-state index is 0.0229. The van der Waals surface area contributed by atoms with E-state index in [9.17, 15) is 0 Å². The second-order valence-corrected chi connectivity index (χ2v) is 4.23. The van der Waals surface area contributed by atoms with Crippen LogP contribution in [0.25, 0.3) is 0 Å². The maximum absolute atomic E-state index is 9.02. The van der Waals surface area contributed by atoms with Crippen LogP contribution in [0.4, 0.5) is 0 Å². The SMILES string of the molecule is COCCN(CCC#N)C(CC#N)c1ccccc1. The molecule has 0 aromatic heterocycles. The Bertz CT molecular complexity index is 433. The van der Waals surface area contributed by atoms with Gasteiger partial charge in [0.1, 0.15) is 0 Å². The van der Waals surface area contributed by atoms with Crippen molar-refractivity contribution in [3.63, 3.8) is 0 Å². The predicted octanol–water partition coefficient (Wildman–Crippen LogP) is 2.50. The molecule has 4 heteroatoms. The first-order valence-corrected chi connectivity index (χ1v) is 6.35. The van der Waals surface area contributed by atoms with Crippen LogP contribution < -0.4 is 0 Å². The molecule has 0 bridgehead atoms. The lowest BCUT2D eigenvalue weighted by molar-refractivity contribution is 0.122. The number of nitrogens with zero attached hydrogens (tertiary/aromatic N) is 3. The van der Waals surface area contributed by atoms with E-state index in [-0.39, 0.29) is 6.04 Å².